The van der Waals surface area contributed by atoms with Crippen molar-refractivity contribution in [3.8, 4) is 0 Å². The van der Waals surface area contributed by atoms with Gasteiger partial charge in [0, 0.05) is 12.1 Å². The van der Waals surface area contributed by atoms with Crippen LogP contribution in [-0.2, 0) is 0 Å². The fourth-order valence-corrected chi connectivity index (χ4v) is 1.31. The Labute approximate surface area is 109 Å². The summed E-state index contributed by atoms with van der Waals surface area (Å²) in [5.41, 5.74) is 0.354. The molecule has 0 aliphatic rings. The minimum atomic E-state index is -0.780. The van der Waals surface area contributed by atoms with Crippen molar-refractivity contribution in [3.63, 3.8) is 0 Å². The van der Waals surface area contributed by atoms with Gasteiger partial charge in [0.05, 0.1) is 9.85 Å². The van der Waals surface area contributed by atoms with Gasteiger partial charge in [-0.3, -0.25) is 20.2 Å². The summed E-state index contributed by atoms with van der Waals surface area (Å²) < 4.78 is 0. The van der Waals surface area contributed by atoms with Gasteiger partial charge in [-0.1, -0.05) is 48.0 Å². The van der Waals surface area contributed by atoms with Crippen molar-refractivity contribution in [2.24, 2.45) is 0 Å². The van der Waals surface area contributed by atoms with Gasteiger partial charge in [0.25, 0.3) is 0 Å². The van der Waals surface area contributed by atoms with Crippen LogP contribution in [0.4, 0.5) is 11.4 Å². The lowest BCUT2D eigenvalue weighted by atomic mass is 10.2. The van der Waals surface area contributed by atoms with Gasteiger partial charge in [-0.15, -0.1) is 0 Å². The molecule has 98 valence electrons. The molecule has 0 saturated carbocycles. The molecule has 2 aromatic carbocycles. The topological polar surface area (TPSA) is 86.3 Å². The third-order valence-corrected chi connectivity index (χ3v) is 2.22. The largest absolute Gasteiger partial charge is 0.346 e. The van der Waals surface area contributed by atoms with E-state index in [2.05, 4.69) is 19.1 Å². The Kier molecular flexibility index (Phi) is 5.16. The Morgan fingerprint density at radius 2 is 1.11 bits per heavy atom. The number of para-hydroxylation sites is 2. The number of nitro groups is 2. The van der Waals surface area contributed by atoms with Crippen LogP contribution in [0.2, 0.25) is 0 Å². The summed E-state index contributed by atoms with van der Waals surface area (Å²) in [7, 11) is 0. The number of rotatable bonds is 2. The molecule has 0 aliphatic heterocycles. The molecule has 6 nitrogen and oxygen atoms in total. The van der Waals surface area contributed by atoms with E-state index in [1.54, 1.807) is 0 Å². The van der Waals surface area contributed by atoms with E-state index in [1.165, 1.54) is 17.7 Å². The molecule has 0 atom stereocenters. The van der Waals surface area contributed by atoms with Gasteiger partial charge in [-0.2, -0.15) is 0 Å². The van der Waals surface area contributed by atoms with Crippen LogP contribution in [0.3, 0.4) is 0 Å². The number of hydrogen-bond donors (Lipinski definition) is 0. The monoisotopic (exact) mass is 260 g/mol. The summed E-state index contributed by atoms with van der Waals surface area (Å²) in [6, 6.07) is 15.2. The van der Waals surface area contributed by atoms with Crippen LogP contribution < -0.4 is 0 Å². The van der Waals surface area contributed by atoms with Crippen molar-refractivity contribution in [3.05, 3.63) is 80.4 Å². The minimum Gasteiger partial charge on any atom is -0.258 e. The zero-order valence-electron chi connectivity index (χ0n) is 10.2. The molecule has 0 saturated heterocycles. The van der Waals surface area contributed by atoms with E-state index < -0.39 is 21.2 Å². The highest BCUT2D eigenvalue weighted by Gasteiger charge is 2.21. The Balaban J connectivity index is 0.000000218. The normalized spacial score (nSPS) is 9.11. The molecule has 0 N–H and O–H groups in total. The maximum atomic E-state index is 10.2. The summed E-state index contributed by atoms with van der Waals surface area (Å²) >= 11 is 0. The minimum absolute atomic E-state index is 0.484. The summed E-state index contributed by atoms with van der Waals surface area (Å²) in [5, 5.41) is 20.5. The molecule has 0 spiro atoms. The van der Waals surface area contributed by atoms with E-state index >= 15 is 0 Å². The number of benzene rings is 2. The van der Waals surface area contributed by atoms with Gasteiger partial charge in [0.2, 0.25) is 0 Å². The zero-order chi connectivity index (χ0) is 14.3. The lowest BCUT2D eigenvalue weighted by Gasteiger charge is -1.91. The second kappa shape index (κ2) is 6.85. The van der Waals surface area contributed by atoms with Crippen LogP contribution >= 0.6 is 0 Å². The maximum Gasteiger partial charge on any atom is 0.346 e. The number of hydrogen-bond acceptors (Lipinski definition) is 4. The number of aryl methyl sites for hydroxylation is 1. The molecule has 0 aromatic heterocycles. The van der Waals surface area contributed by atoms with Crippen molar-refractivity contribution in [1.82, 2.24) is 0 Å². The molecule has 0 unspecified atom stereocenters. The second-order valence-electron chi connectivity index (χ2n) is 3.66. The van der Waals surface area contributed by atoms with Crippen LogP contribution in [0.1, 0.15) is 5.56 Å². The van der Waals surface area contributed by atoms with Crippen molar-refractivity contribution < 1.29 is 9.85 Å². The Bertz CT molecular complexity index is 537. The fraction of sp³-hybridized carbons (Fsp3) is 0.0769. The summed E-state index contributed by atoms with van der Waals surface area (Å²) in [4.78, 5) is 18.9. The predicted octanol–water partition coefficient (Wildman–Crippen LogP) is 3.50. The average molecular weight is 260 g/mol. The van der Waals surface area contributed by atoms with Crippen molar-refractivity contribution in [2.45, 2.75) is 6.92 Å². The van der Waals surface area contributed by atoms with Crippen LogP contribution in [-0.4, -0.2) is 9.85 Å². The molecule has 0 fully saturated rings. The molecular formula is C13H12N2O4. The first-order valence-electron chi connectivity index (χ1n) is 5.42. The summed E-state index contributed by atoms with van der Waals surface area (Å²) in [6.07, 6.45) is 0. The standard InChI is InChI=1S/C7H8.C6H4N2O4/c1-7-5-3-2-4-6-7;9-7(10)5-3-1-2-4-6(5)8(11)12/h2-6H,1H3;1-4H. The molecular weight excluding hydrogens is 248 g/mol. The zero-order valence-corrected chi connectivity index (χ0v) is 10.2. The Morgan fingerprint density at radius 3 is 1.37 bits per heavy atom. The number of nitro benzene ring substituents is 2. The van der Waals surface area contributed by atoms with Gasteiger partial charge in [0.15, 0.2) is 0 Å². The first-order valence-corrected chi connectivity index (χ1v) is 5.42. The van der Waals surface area contributed by atoms with E-state index in [9.17, 15) is 20.2 Å². The van der Waals surface area contributed by atoms with E-state index in [-0.39, 0.29) is 0 Å². The van der Waals surface area contributed by atoms with Gasteiger partial charge in [-0.05, 0) is 6.92 Å². The van der Waals surface area contributed by atoms with Crippen LogP contribution in [0.5, 0.6) is 0 Å². The van der Waals surface area contributed by atoms with E-state index in [0.29, 0.717) is 0 Å². The lowest BCUT2D eigenvalue weighted by Crippen LogP contribution is -1.95. The lowest BCUT2D eigenvalue weighted by molar-refractivity contribution is -0.422. The molecule has 0 bridgehead atoms. The molecule has 0 radical (unpaired) electrons. The fourth-order valence-electron chi connectivity index (χ4n) is 1.31. The molecule has 0 heterocycles. The van der Waals surface area contributed by atoms with E-state index in [0.717, 1.165) is 12.1 Å². The van der Waals surface area contributed by atoms with E-state index in [1.807, 2.05) is 18.2 Å². The quantitative estimate of drug-likeness (QED) is 0.610. The predicted molar refractivity (Wildman–Crippen MR) is 70.9 cm³/mol. The second-order valence-corrected chi connectivity index (χ2v) is 3.66. The smallest absolute Gasteiger partial charge is 0.258 e. The van der Waals surface area contributed by atoms with Crippen LogP contribution in [0.25, 0.3) is 0 Å². The SMILES string of the molecule is Cc1ccccc1.O=[N+]([O-])c1ccccc1[N+](=O)[O-]. The van der Waals surface area contributed by atoms with Crippen molar-refractivity contribution in [1.29, 1.82) is 0 Å². The van der Waals surface area contributed by atoms with Crippen molar-refractivity contribution >= 4 is 11.4 Å². The van der Waals surface area contributed by atoms with Gasteiger partial charge >= 0.3 is 11.4 Å². The molecule has 2 rings (SSSR count). The summed E-state index contributed by atoms with van der Waals surface area (Å²) in [5.74, 6) is 0. The van der Waals surface area contributed by atoms with Crippen LogP contribution in [0, 0.1) is 27.2 Å². The maximum absolute atomic E-state index is 10.2. The van der Waals surface area contributed by atoms with Gasteiger partial charge in [0.1, 0.15) is 0 Å². The number of nitrogens with zero attached hydrogens (tertiary/aromatic N) is 2. The highest BCUT2D eigenvalue weighted by Crippen LogP contribution is 2.24. The molecule has 2 aromatic rings. The molecule has 6 heteroatoms. The third kappa shape index (κ3) is 4.55. The van der Waals surface area contributed by atoms with E-state index in [4.69, 9.17) is 0 Å². The first kappa shape index (κ1) is 14.3. The average Bonchev–Trinajstić information content (AvgIpc) is 2.40. The van der Waals surface area contributed by atoms with Gasteiger partial charge < -0.3 is 0 Å². The molecule has 0 aliphatic carbocycles. The third-order valence-electron chi connectivity index (χ3n) is 2.22. The van der Waals surface area contributed by atoms with Crippen LogP contribution in [0.15, 0.2) is 54.6 Å². The molecule has 0 amide bonds. The van der Waals surface area contributed by atoms with Gasteiger partial charge in [-0.25, -0.2) is 0 Å². The first-order chi connectivity index (χ1) is 9.02. The highest BCUT2D eigenvalue weighted by molar-refractivity contribution is 5.51. The van der Waals surface area contributed by atoms with Crippen molar-refractivity contribution in [2.75, 3.05) is 0 Å². The summed E-state index contributed by atoms with van der Waals surface area (Å²) in [6.45, 7) is 2.08. The Morgan fingerprint density at radius 1 is 0.737 bits per heavy atom. The molecule has 19 heavy (non-hydrogen) atoms. The highest BCUT2D eigenvalue weighted by atomic mass is 16.6. The Hall–Kier alpha value is -2.76.